The Hall–Kier alpha value is -0.0800. The summed E-state index contributed by atoms with van der Waals surface area (Å²) in [5.74, 6) is 1.71. The van der Waals surface area contributed by atoms with E-state index in [0.717, 1.165) is 31.6 Å². The van der Waals surface area contributed by atoms with Crippen LogP contribution in [-0.4, -0.2) is 74.7 Å². The number of guanidine groups is 1. The van der Waals surface area contributed by atoms with Crippen LogP contribution >= 0.6 is 24.0 Å². The van der Waals surface area contributed by atoms with Crippen molar-refractivity contribution in [2.75, 3.05) is 52.9 Å². The van der Waals surface area contributed by atoms with E-state index in [0.29, 0.717) is 5.92 Å². The average Bonchev–Trinajstić information content (AvgIpc) is 2.58. The Labute approximate surface area is 172 Å². The Morgan fingerprint density at radius 1 is 1.12 bits per heavy atom. The maximum absolute atomic E-state index is 4.83. The molecule has 0 aromatic carbocycles. The van der Waals surface area contributed by atoms with Crippen molar-refractivity contribution in [3.63, 3.8) is 0 Å². The monoisotopic (exact) mass is 465 g/mol. The van der Waals surface area contributed by atoms with Crippen molar-refractivity contribution in [3.05, 3.63) is 0 Å². The molecular weight excluding hydrogens is 425 g/mol. The van der Waals surface area contributed by atoms with Gasteiger partial charge in [0.15, 0.2) is 5.96 Å². The molecule has 0 saturated carbocycles. The topological polar surface area (TPSA) is 42.9 Å². The van der Waals surface area contributed by atoms with Crippen LogP contribution in [0, 0.1) is 5.92 Å². The molecule has 5 nitrogen and oxygen atoms in total. The van der Waals surface area contributed by atoms with E-state index in [1.54, 1.807) is 0 Å². The summed E-state index contributed by atoms with van der Waals surface area (Å²) in [5.41, 5.74) is 0. The molecule has 0 bridgehead atoms. The zero-order valence-corrected chi connectivity index (χ0v) is 18.9. The Kier molecular flexibility index (Phi) is 12.1. The molecule has 2 unspecified atom stereocenters. The highest BCUT2D eigenvalue weighted by Crippen LogP contribution is 2.16. The van der Waals surface area contributed by atoms with E-state index in [9.17, 15) is 0 Å². The first-order chi connectivity index (χ1) is 11.7. The molecule has 0 aromatic heterocycles. The highest BCUT2D eigenvalue weighted by Gasteiger charge is 2.18. The van der Waals surface area contributed by atoms with Crippen LogP contribution in [0.15, 0.2) is 4.99 Å². The molecule has 2 aliphatic heterocycles. The van der Waals surface area contributed by atoms with Crippen LogP contribution < -0.4 is 10.6 Å². The van der Waals surface area contributed by atoms with E-state index in [1.165, 1.54) is 64.7 Å². The van der Waals surface area contributed by atoms with Crippen LogP contribution in [0.4, 0.5) is 0 Å². The predicted molar refractivity (Wildman–Crippen MR) is 119 cm³/mol. The summed E-state index contributed by atoms with van der Waals surface area (Å²) in [6.45, 7) is 12.3. The fraction of sp³-hybridized carbons (Fsp3) is 0.947. The quantitative estimate of drug-likeness (QED) is 0.263. The molecule has 0 spiro atoms. The minimum Gasteiger partial charge on any atom is -0.357 e. The maximum atomic E-state index is 4.83. The Morgan fingerprint density at radius 3 is 2.68 bits per heavy atom. The number of hydrogen-bond acceptors (Lipinski definition) is 3. The molecule has 0 amide bonds. The molecule has 2 N–H and O–H groups in total. The molecule has 0 aromatic rings. The van der Waals surface area contributed by atoms with E-state index in [-0.39, 0.29) is 24.0 Å². The average molecular weight is 465 g/mol. The lowest BCUT2D eigenvalue weighted by molar-refractivity contribution is 0.159. The van der Waals surface area contributed by atoms with Gasteiger partial charge in [0, 0.05) is 38.8 Å². The SMILES string of the molecule is CCNC(=NCC1CCCN(C)C1)NCCCN1CCCCC1C.I. The van der Waals surface area contributed by atoms with Crippen LogP contribution in [0.5, 0.6) is 0 Å². The van der Waals surface area contributed by atoms with Gasteiger partial charge in [0.2, 0.25) is 0 Å². The van der Waals surface area contributed by atoms with Crippen molar-refractivity contribution in [1.29, 1.82) is 0 Å². The van der Waals surface area contributed by atoms with Gasteiger partial charge in [0.1, 0.15) is 0 Å². The summed E-state index contributed by atoms with van der Waals surface area (Å²) in [5, 5.41) is 6.92. The fourth-order valence-electron chi connectivity index (χ4n) is 3.96. The normalized spacial score (nSPS) is 26.1. The van der Waals surface area contributed by atoms with Gasteiger partial charge in [-0.3, -0.25) is 4.99 Å². The standard InChI is InChI=1S/C19H39N5.HI/c1-4-20-19(22-15-18-10-7-12-23(3)16-18)21-11-8-14-24-13-6-5-9-17(24)2;/h17-18H,4-16H2,1-3H3,(H2,20,21,22);1H. The lowest BCUT2D eigenvalue weighted by Crippen LogP contribution is -2.41. The third kappa shape index (κ3) is 8.91. The van der Waals surface area contributed by atoms with Crippen molar-refractivity contribution in [2.45, 2.75) is 58.4 Å². The van der Waals surface area contributed by atoms with Crippen molar-refractivity contribution >= 4 is 29.9 Å². The van der Waals surface area contributed by atoms with E-state index in [4.69, 9.17) is 4.99 Å². The summed E-state index contributed by atoms with van der Waals surface area (Å²) in [4.78, 5) is 9.91. The molecule has 148 valence electrons. The molecular formula is C19H40IN5. The largest absolute Gasteiger partial charge is 0.357 e. The fourth-order valence-corrected chi connectivity index (χ4v) is 3.96. The zero-order valence-electron chi connectivity index (χ0n) is 16.6. The third-order valence-electron chi connectivity index (χ3n) is 5.43. The minimum absolute atomic E-state index is 0. The van der Waals surface area contributed by atoms with Crippen LogP contribution in [0.25, 0.3) is 0 Å². The van der Waals surface area contributed by atoms with Gasteiger partial charge in [0.05, 0.1) is 0 Å². The van der Waals surface area contributed by atoms with Gasteiger partial charge >= 0.3 is 0 Å². The second kappa shape index (κ2) is 13.1. The summed E-state index contributed by atoms with van der Waals surface area (Å²) >= 11 is 0. The third-order valence-corrected chi connectivity index (χ3v) is 5.43. The summed E-state index contributed by atoms with van der Waals surface area (Å²) in [6.07, 6.45) is 7.98. The molecule has 25 heavy (non-hydrogen) atoms. The molecule has 2 saturated heterocycles. The van der Waals surface area contributed by atoms with Gasteiger partial charge in [0.25, 0.3) is 0 Å². The van der Waals surface area contributed by atoms with Crippen molar-refractivity contribution in [1.82, 2.24) is 20.4 Å². The highest BCUT2D eigenvalue weighted by atomic mass is 127. The number of nitrogens with zero attached hydrogens (tertiary/aromatic N) is 3. The van der Waals surface area contributed by atoms with Gasteiger partial charge < -0.3 is 20.4 Å². The molecule has 2 heterocycles. The van der Waals surface area contributed by atoms with Gasteiger partial charge in [-0.1, -0.05) is 6.42 Å². The lowest BCUT2D eigenvalue weighted by Gasteiger charge is -2.33. The Balaban J connectivity index is 0.00000312. The molecule has 2 fully saturated rings. The van der Waals surface area contributed by atoms with E-state index in [1.807, 2.05) is 0 Å². The van der Waals surface area contributed by atoms with Crippen molar-refractivity contribution < 1.29 is 0 Å². The first kappa shape index (κ1) is 23.0. The van der Waals surface area contributed by atoms with Crippen LogP contribution in [0.1, 0.15) is 52.4 Å². The van der Waals surface area contributed by atoms with Crippen LogP contribution in [0.2, 0.25) is 0 Å². The molecule has 2 rings (SSSR count). The molecule has 0 radical (unpaired) electrons. The van der Waals surface area contributed by atoms with Crippen LogP contribution in [-0.2, 0) is 0 Å². The number of piperidine rings is 2. The van der Waals surface area contributed by atoms with E-state index >= 15 is 0 Å². The summed E-state index contributed by atoms with van der Waals surface area (Å²) < 4.78 is 0. The molecule has 6 heteroatoms. The number of halogens is 1. The van der Waals surface area contributed by atoms with Crippen molar-refractivity contribution in [2.24, 2.45) is 10.9 Å². The summed E-state index contributed by atoms with van der Waals surface area (Å²) in [6, 6.07) is 0.768. The van der Waals surface area contributed by atoms with Gasteiger partial charge in [-0.05, 0) is 72.0 Å². The number of nitrogens with one attached hydrogen (secondary N) is 2. The second-order valence-electron chi connectivity index (χ2n) is 7.65. The number of aliphatic imine (C=N–C) groups is 1. The molecule has 2 atom stereocenters. The maximum Gasteiger partial charge on any atom is 0.191 e. The molecule has 0 aliphatic carbocycles. The minimum atomic E-state index is 0. The first-order valence-electron chi connectivity index (χ1n) is 10.1. The van der Waals surface area contributed by atoms with E-state index < -0.39 is 0 Å². The van der Waals surface area contributed by atoms with Crippen LogP contribution in [0.3, 0.4) is 0 Å². The summed E-state index contributed by atoms with van der Waals surface area (Å²) in [7, 11) is 2.22. The molecule has 2 aliphatic rings. The van der Waals surface area contributed by atoms with E-state index in [2.05, 4.69) is 41.3 Å². The smallest absolute Gasteiger partial charge is 0.191 e. The first-order valence-corrected chi connectivity index (χ1v) is 10.1. The lowest BCUT2D eigenvalue weighted by atomic mass is 9.99. The Bertz CT molecular complexity index is 377. The predicted octanol–water partition coefficient (Wildman–Crippen LogP) is 2.77. The number of hydrogen-bond donors (Lipinski definition) is 2. The van der Waals surface area contributed by atoms with Crippen molar-refractivity contribution in [3.8, 4) is 0 Å². The highest BCUT2D eigenvalue weighted by molar-refractivity contribution is 14.0. The van der Waals surface area contributed by atoms with Gasteiger partial charge in [-0.15, -0.1) is 24.0 Å². The van der Waals surface area contributed by atoms with Gasteiger partial charge in [-0.2, -0.15) is 0 Å². The number of rotatable bonds is 7. The van der Waals surface area contributed by atoms with Gasteiger partial charge in [-0.25, -0.2) is 0 Å². The second-order valence-corrected chi connectivity index (χ2v) is 7.65. The zero-order chi connectivity index (χ0) is 17.2. The Morgan fingerprint density at radius 2 is 1.96 bits per heavy atom. The number of likely N-dealkylation sites (tertiary alicyclic amines) is 2.